The third kappa shape index (κ3) is 4.38. The molecule has 1 N–H and O–H groups in total. The number of aliphatic hydroxyl groups excluding tert-OH is 1. The Labute approximate surface area is 125 Å². The van der Waals surface area contributed by atoms with Crippen LogP contribution in [0.15, 0.2) is 18.2 Å². The van der Waals surface area contributed by atoms with E-state index in [1.165, 1.54) is 0 Å². The van der Waals surface area contributed by atoms with E-state index < -0.39 is 0 Å². The van der Waals surface area contributed by atoms with Crippen LogP contribution in [0.4, 0.5) is 0 Å². The molecular formula is C12H15ClINO3. The number of hydrogen-bond acceptors (Lipinski definition) is 3. The SMILES string of the molecule is COCCN(CCO)C(=O)c1cc(Cl)ccc1I. The minimum atomic E-state index is -0.145. The molecule has 1 amide bonds. The Bertz CT molecular complexity index is 414. The Morgan fingerprint density at radius 3 is 2.83 bits per heavy atom. The second-order valence-electron chi connectivity index (χ2n) is 3.63. The molecule has 1 aromatic carbocycles. The van der Waals surface area contributed by atoms with Crippen molar-refractivity contribution in [2.75, 3.05) is 33.4 Å². The zero-order chi connectivity index (χ0) is 13.5. The molecule has 18 heavy (non-hydrogen) atoms. The summed E-state index contributed by atoms with van der Waals surface area (Å²) in [6.45, 7) is 1.08. The van der Waals surface area contributed by atoms with Gasteiger partial charge >= 0.3 is 0 Å². The highest BCUT2D eigenvalue weighted by Crippen LogP contribution is 2.19. The van der Waals surface area contributed by atoms with E-state index in [1.54, 1.807) is 30.2 Å². The third-order valence-electron chi connectivity index (χ3n) is 2.38. The van der Waals surface area contributed by atoms with Crippen molar-refractivity contribution in [3.63, 3.8) is 0 Å². The van der Waals surface area contributed by atoms with Gasteiger partial charge in [0.15, 0.2) is 0 Å². The van der Waals surface area contributed by atoms with E-state index in [9.17, 15) is 4.79 Å². The Hall–Kier alpha value is -0.370. The zero-order valence-electron chi connectivity index (χ0n) is 10.0. The number of ether oxygens (including phenoxy) is 1. The zero-order valence-corrected chi connectivity index (χ0v) is 12.9. The van der Waals surface area contributed by atoms with Gasteiger partial charge in [-0.05, 0) is 40.8 Å². The molecule has 0 aliphatic carbocycles. The minimum absolute atomic E-state index is 0.0768. The monoisotopic (exact) mass is 383 g/mol. The van der Waals surface area contributed by atoms with Gasteiger partial charge in [0.1, 0.15) is 0 Å². The van der Waals surface area contributed by atoms with E-state index in [2.05, 4.69) is 22.6 Å². The van der Waals surface area contributed by atoms with Crippen LogP contribution >= 0.6 is 34.2 Å². The molecule has 0 fully saturated rings. The fraction of sp³-hybridized carbons (Fsp3) is 0.417. The summed E-state index contributed by atoms with van der Waals surface area (Å²) in [6.07, 6.45) is 0. The molecule has 100 valence electrons. The standard InChI is InChI=1S/C12H15ClINO3/c1-18-7-5-15(4-6-16)12(17)10-8-9(13)2-3-11(10)14/h2-3,8,16H,4-7H2,1H3. The van der Waals surface area contributed by atoms with Crippen molar-refractivity contribution in [2.45, 2.75) is 0 Å². The molecule has 6 heteroatoms. The van der Waals surface area contributed by atoms with Gasteiger partial charge in [-0.2, -0.15) is 0 Å². The van der Waals surface area contributed by atoms with Crippen molar-refractivity contribution in [3.8, 4) is 0 Å². The van der Waals surface area contributed by atoms with Gasteiger partial charge in [-0.3, -0.25) is 4.79 Å². The Balaban J connectivity index is 2.90. The first-order chi connectivity index (χ1) is 8.60. The van der Waals surface area contributed by atoms with Gasteiger partial charge in [-0.25, -0.2) is 0 Å². The molecule has 0 spiro atoms. The lowest BCUT2D eigenvalue weighted by Gasteiger charge is -2.22. The molecular weight excluding hydrogens is 368 g/mol. The summed E-state index contributed by atoms with van der Waals surface area (Å²) >= 11 is 7.99. The first kappa shape index (κ1) is 15.7. The van der Waals surface area contributed by atoms with Gasteiger partial charge in [0, 0.05) is 28.8 Å². The molecule has 0 radical (unpaired) electrons. The second kappa shape index (κ2) is 7.93. The smallest absolute Gasteiger partial charge is 0.255 e. The average molecular weight is 384 g/mol. The maximum atomic E-state index is 12.3. The average Bonchev–Trinajstić information content (AvgIpc) is 2.36. The number of hydrogen-bond donors (Lipinski definition) is 1. The summed E-state index contributed by atoms with van der Waals surface area (Å²) in [5.41, 5.74) is 0.549. The molecule has 0 atom stereocenters. The van der Waals surface area contributed by atoms with Gasteiger partial charge in [0.2, 0.25) is 0 Å². The molecule has 0 aromatic heterocycles. The van der Waals surface area contributed by atoms with E-state index in [4.69, 9.17) is 21.4 Å². The highest BCUT2D eigenvalue weighted by Gasteiger charge is 2.17. The Morgan fingerprint density at radius 2 is 2.22 bits per heavy atom. The number of rotatable bonds is 6. The molecule has 0 unspecified atom stereocenters. The highest BCUT2D eigenvalue weighted by atomic mass is 127. The molecule has 0 saturated carbocycles. The third-order valence-corrected chi connectivity index (χ3v) is 3.56. The van der Waals surface area contributed by atoms with E-state index in [0.717, 1.165) is 3.57 Å². The van der Waals surface area contributed by atoms with Crippen molar-refractivity contribution in [3.05, 3.63) is 32.4 Å². The largest absolute Gasteiger partial charge is 0.395 e. The van der Waals surface area contributed by atoms with Gasteiger partial charge in [0.25, 0.3) is 5.91 Å². The Morgan fingerprint density at radius 1 is 1.50 bits per heavy atom. The van der Waals surface area contributed by atoms with Gasteiger partial charge in [-0.15, -0.1) is 0 Å². The van der Waals surface area contributed by atoms with Crippen molar-refractivity contribution < 1.29 is 14.6 Å². The van der Waals surface area contributed by atoms with E-state index in [1.807, 2.05) is 0 Å². The second-order valence-corrected chi connectivity index (χ2v) is 5.23. The summed E-state index contributed by atoms with van der Waals surface area (Å²) < 4.78 is 5.79. The molecule has 1 rings (SSSR count). The predicted octanol–water partition coefficient (Wildman–Crippen LogP) is 2.03. The number of aliphatic hydroxyl groups is 1. The lowest BCUT2D eigenvalue weighted by Crippen LogP contribution is -2.36. The van der Waals surface area contributed by atoms with E-state index in [0.29, 0.717) is 23.7 Å². The number of halogens is 2. The molecule has 0 bridgehead atoms. The van der Waals surface area contributed by atoms with Crippen LogP contribution in [0.1, 0.15) is 10.4 Å². The van der Waals surface area contributed by atoms with Crippen LogP contribution in [0, 0.1) is 3.57 Å². The number of amides is 1. The first-order valence-electron chi connectivity index (χ1n) is 5.44. The van der Waals surface area contributed by atoms with Crippen LogP contribution < -0.4 is 0 Å². The van der Waals surface area contributed by atoms with Crippen LogP contribution in [0.5, 0.6) is 0 Å². The number of benzene rings is 1. The van der Waals surface area contributed by atoms with Crippen LogP contribution in [0.2, 0.25) is 5.02 Å². The van der Waals surface area contributed by atoms with Crippen molar-refractivity contribution >= 4 is 40.1 Å². The summed E-state index contributed by atoms with van der Waals surface area (Å²) in [7, 11) is 1.57. The predicted molar refractivity (Wildman–Crippen MR) is 79.0 cm³/mol. The number of nitrogens with zero attached hydrogens (tertiary/aromatic N) is 1. The Kier molecular flexibility index (Phi) is 6.91. The minimum Gasteiger partial charge on any atom is -0.395 e. The summed E-state index contributed by atoms with van der Waals surface area (Å²) in [5, 5.41) is 9.52. The van der Waals surface area contributed by atoms with E-state index in [-0.39, 0.29) is 19.1 Å². The van der Waals surface area contributed by atoms with Crippen molar-refractivity contribution in [2.24, 2.45) is 0 Å². The quantitative estimate of drug-likeness (QED) is 0.765. The van der Waals surface area contributed by atoms with Crippen LogP contribution in [0.25, 0.3) is 0 Å². The van der Waals surface area contributed by atoms with Crippen LogP contribution in [-0.4, -0.2) is 49.3 Å². The summed E-state index contributed by atoms with van der Waals surface area (Å²) in [5.74, 6) is -0.145. The molecule has 0 aliphatic rings. The van der Waals surface area contributed by atoms with Crippen molar-refractivity contribution in [1.82, 2.24) is 4.90 Å². The van der Waals surface area contributed by atoms with Crippen molar-refractivity contribution in [1.29, 1.82) is 0 Å². The fourth-order valence-corrected chi connectivity index (χ4v) is 2.21. The molecule has 0 saturated heterocycles. The highest BCUT2D eigenvalue weighted by molar-refractivity contribution is 14.1. The summed E-state index contributed by atoms with van der Waals surface area (Å²) in [6, 6.07) is 5.18. The first-order valence-corrected chi connectivity index (χ1v) is 6.90. The van der Waals surface area contributed by atoms with Gasteiger partial charge < -0.3 is 14.7 Å². The topological polar surface area (TPSA) is 49.8 Å². The summed E-state index contributed by atoms with van der Waals surface area (Å²) in [4.78, 5) is 13.9. The van der Waals surface area contributed by atoms with Crippen LogP contribution in [0.3, 0.4) is 0 Å². The number of methoxy groups -OCH3 is 1. The molecule has 4 nitrogen and oxygen atoms in total. The molecule has 0 aliphatic heterocycles. The van der Waals surface area contributed by atoms with Gasteiger partial charge in [0.05, 0.1) is 18.8 Å². The maximum absolute atomic E-state index is 12.3. The maximum Gasteiger partial charge on any atom is 0.255 e. The number of carbonyl (C=O) groups excluding carboxylic acids is 1. The lowest BCUT2D eigenvalue weighted by atomic mass is 10.2. The molecule has 1 aromatic rings. The van der Waals surface area contributed by atoms with E-state index >= 15 is 0 Å². The van der Waals surface area contributed by atoms with Crippen LogP contribution in [-0.2, 0) is 4.74 Å². The fourth-order valence-electron chi connectivity index (χ4n) is 1.47. The normalized spacial score (nSPS) is 10.4. The lowest BCUT2D eigenvalue weighted by molar-refractivity contribution is 0.0655. The number of carbonyl (C=O) groups is 1. The molecule has 0 heterocycles. The van der Waals surface area contributed by atoms with Gasteiger partial charge in [-0.1, -0.05) is 11.6 Å².